The Morgan fingerprint density at radius 1 is 1.33 bits per heavy atom. The van der Waals surface area contributed by atoms with Crippen LogP contribution in [0.2, 0.25) is 0 Å². The molecule has 1 rings (SSSR count). The van der Waals surface area contributed by atoms with Crippen LogP contribution in [0.25, 0.3) is 0 Å². The second-order valence-corrected chi connectivity index (χ2v) is 4.53. The Morgan fingerprint density at radius 3 is 2.33 bits per heavy atom. The number of halogens is 1. The van der Waals surface area contributed by atoms with E-state index in [0.29, 0.717) is 0 Å². The molecular weight excluding hydrogens is 295 g/mol. The first-order valence-corrected chi connectivity index (χ1v) is 5.40. The average Bonchev–Trinajstić information content (AvgIpc) is 1.92. The van der Waals surface area contributed by atoms with Gasteiger partial charge in [0.15, 0.2) is 0 Å². The van der Waals surface area contributed by atoms with Gasteiger partial charge >= 0.3 is 0 Å². The second kappa shape index (κ2) is 3.19. The van der Waals surface area contributed by atoms with E-state index in [0.717, 1.165) is 0 Å². The van der Waals surface area contributed by atoms with Gasteiger partial charge in [-0.3, -0.25) is 4.55 Å². The highest BCUT2D eigenvalue weighted by Gasteiger charge is 2.15. The smallest absolute Gasteiger partial charge is 0.295 e. The number of aromatic hydroxyl groups is 1. The summed E-state index contributed by atoms with van der Waals surface area (Å²) in [7, 11) is -4.22. The number of hydrogen-bond donors (Lipinski definition) is 2. The number of phenolic OH excluding ortho intramolecular Hbond substituents is 1. The largest absolute Gasteiger partial charge is 0.507 e. The average molecular weight is 300 g/mol. The van der Waals surface area contributed by atoms with Gasteiger partial charge in [-0.1, -0.05) is 6.07 Å². The summed E-state index contributed by atoms with van der Waals surface area (Å²) in [5.74, 6) is -0.161. The third-order valence-corrected chi connectivity index (χ3v) is 3.62. The lowest BCUT2D eigenvalue weighted by Crippen LogP contribution is -2.00. The highest BCUT2D eigenvalue weighted by Crippen LogP contribution is 2.25. The summed E-state index contributed by atoms with van der Waals surface area (Å²) >= 11 is 1.64. The fourth-order valence-corrected chi connectivity index (χ4v) is 2.47. The lowest BCUT2D eigenvalue weighted by atomic mass is 10.3. The third kappa shape index (κ3) is 1.87. The van der Waals surface area contributed by atoms with Gasteiger partial charge in [0, 0.05) is 0 Å². The van der Waals surface area contributed by atoms with Crippen molar-refractivity contribution in [3.8, 4) is 5.75 Å². The minimum absolute atomic E-state index is 0.123. The van der Waals surface area contributed by atoms with Gasteiger partial charge in [-0.05, 0) is 34.7 Å². The van der Waals surface area contributed by atoms with E-state index in [1.54, 1.807) is 22.6 Å². The van der Waals surface area contributed by atoms with Crippen molar-refractivity contribution in [2.45, 2.75) is 4.90 Å². The van der Waals surface area contributed by atoms with Crippen LogP contribution in [-0.2, 0) is 10.1 Å². The van der Waals surface area contributed by atoms with Gasteiger partial charge in [0.05, 0.1) is 3.57 Å². The minimum Gasteiger partial charge on any atom is -0.507 e. The van der Waals surface area contributed by atoms with Crippen LogP contribution >= 0.6 is 22.6 Å². The van der Waals surface area contributed by atoms with E-state index in [2.05, 4.69) is 0 Å². The summed E-state index contributed by atoms with van der Waals surface area (Å²) in [5, 5.41) is 9.08. The van der Waals surface area contributed by atoms with Gasteiger partial charge in [0.1, 0.15) is 10.6 Å². The van der Waals surface area contributed by atoms with Crippen LogP contribution in [-0.4, -0.2) is 18.1 Å². The molecule has 0 aromatic heterocycles. The molecule has 2 N–H and O–H groups in total. The predicted molar refractivity (Wildman–Crippen MR) is 50.6 cm³/mol. The third-order valence-electron chi connectivity index (χ3n) is 1.22. The van der Waals surface area contributed by atoms with E-state index in [1.165, 1.54) is 18.2 Å². The summed E-state index contributed by atoms with van der Waals surface area (Å²) in [4.78, 5) is -0.275. The molecule has 0 saturated carbocycles. The Bertz CT molecular complexity index is 398. The summed E-state index contributed by atoms with van der Waals surface area (Å²) < 4.78 is 30.1. The molecule has 0 amide bonds. The SMILES string of the molecule is O=S(=O)(O)c1cccc(O)c1I. The molecule has 1 aromatic carbocycles. The maximum Gasteiger partial charge on any atom is 0.295 e. The number of phenols is 1. The van der Waals surface area contributed by atoms with Crippen molar-refractivity contribution >= 4 is 32.7 Å². The Labute approximate surface area is 83.1 Å². The fraction of sp³-hybridized carbons (Fsp3) is 0. The van der Waals surface area contributed by atoms with Crippen LogP contribution in [0.15, 0.2) is 23.1 Å². The molecule has 0 aliphatic carbocycles. The zero-order valence-electron chi connectivity index (χ0n) is 5.73. The predicted octanol–water partition coefficient (Wildman–Crippen LogP) is 1.24. The lowest BCUT2D eigenvalue weighted by molar-refractivity contribution is 0.462. The van der Waals surface area contributed by atoms with Crippen molar-refractivity contribution in [3.05, 3.63) is 21.8 Å². The van der Waals surface area contributed by atoms with Crippen LogP contribution in [0.5, 0.6) is 5.75 Å². The molecule has 6 heteroatoms. The summed E-state index contributed by atoms with van der Waals surface area (Å²) in [6.07, 6.45) is 0. The highest BCUT2D eigenvalue weighted by atomic mass is 127. The number of rotatable bonds is 1. The first-order valence-electron chi connectivity index (χ1n) is 2.88. The van der Waals surface area contributed by atoms with Crippen molar-refractivity contribution in [2.75, 3.05) is 0 Å². The maximum atomic E-state index is 10.6. The molecule has 0 spiro atoms. The molecular formula is C6H5IO4S. The normalized spacial score (nSPS) is 11.5. The Morgan fingerprint density at radius 2 is 1.92 bits per heavy atom. The van der Waals surface area contributed by atoms with E-state index < -0.39 is 10.1 Å². The first-order chi connectivity index (χ1) is 5.43. The number of benzene rings is 1. The molecule has 0 saturated heterocycles. The molecule has 0 fully saturated rings. The zero-order chi connectivity index (χ0) is 9.35. The molecule has 0 radical (unpaired) electrons. The van der Waals surface area contributed by atoms with Gasteiger partial charge in [0.25, 0.3) is 10.1 Å². The van der Waals surface area contributed by atoms with Crippen LogP contribution < -0.4 is 0 Å². The van der Waals surface area contributed by atoms with Crippen molar-refractivity contribution in [3.63, 3.8) is 0 Å². The van der Waals surface area contributed by atoms with Gasteiger partial charge in [0.2, 0.25) is 0 Å². The molecule has 0 aliphatic heterocycles. The summed E-state index contributed by atoms with van der Waals surface area (Å²) in [6, 6.07) is 3.91. The molecule has 0 bridgehead atoms. The highest BCUT2D eigenvalue weighted by molar-refractivity contribution is 14.1. The van der Waals surface area contributed by atoms with Gasteiger partial charge < -0.3 is 5.11 Å². The molecule has 1 aromatic rings. The topological polar surface area (TPSA) is 74.6 Å². The fourth-order valence-electron chi connectivity index (χ4n) is 0.698. The summed E-state index contributed by atoms with van der Waals surface area (Å²) in [5.41, 5.74) is 0. The van der Waals surface area contributed by atoms with Crippen molar-refractivity contribution in [1.82, 2.24) is 0 Å². The van der Waals surface area contributed by atoms with Crippen molar-refractivity contribution in [1.29, 1.82) is 0 Å². The minimum atomic E-state index is -4.22. The first kappa shape index (κ1) is 9.75. The number of hydrogen-bond acceptors (Lipinski definition) is 3. The quantitative estimate of drug-likeness (QED) is 0.604. The second-order valence-electron chi connectivity index (χ2n) is 2.06. The van der Waals surface area contributed by atoms with Gasteiger partial charge in [-0.15, -0.1) is 0 Å². The van der Waals surface area contributed by atoms with Crippen LogP contribution in [0.1, 0.15) is 0 Å². The van der Waals surface area contributed by atoms with Gasteiger partial charge in [-0.25, -0.2) is 0 Å². The molecule has 0 unspecified atom stereocenters. The monoisotopic (exact) mass is 300 g/mol. The summed E-state index contributed by atoms with van der Waals surface area (Å²) in [6.45, 7) is 0. The molecule has 66 valence electrons. The molecule has 12 heavy (non-hydrogen) atoms. The van der Waals surface area contributed by atoms with Crippen molar-refractivity contribution in [2.24, 2.45) is 0 Å². The van der Waals surface area contributed by atoms with E-state index in [4.69, 9.17) is 9.66 Å². The Hall–Kier alpha value is -0.340. The van der Waals surface area contributed by atoms with Crippen molar-refractivity contribution < 1.29 is 18.1 Å². The van der Waals surface area contributed by atoms with E-state index in [-0.39, 0.29) is 14.2 Å². The van der Waals surface area contributed by atoms with E-state index in [1.807, 2.05) is 0 Å². The zero-order valence-corrected chi connectivity index (χ0v) is 8.70. The Kier molecular flexibility index (Phi) is 2.59. The van der Waals surface area contributed by atoms with Crippen LogP contribution in [0, 0.1) is 3.57 Å². The lowest BCUT2D eigenvalue weighted by Gasteiger charge is -2.01. The molecule has 0 atom stereocenters. The van der Waals surface area contributed by atoms with Crippen LogP contribution in [0.4, 0.5) is 0 Å². The molecule has 0 aliphatic rings. The van der Waals surface area contributed by atoms with Gasteiger partial charge in [-0.2, -0.15) is 8.42 Å². The molecule has 4 nitrogen and oxygen atoms in total. The van der Waals surface area contributed by atoms with E-state index >= 15 is 0 Å². The Balaban J connectivity index is 3.47. The standard InChI is InChI=1S/C6H5IO4S/c7-6-4(8)2-1-3-5(6)12(9,10)11/h1-3,8H,(H,9,10,11). The van der Waals surface area contributed by atoms with E-state index in [9.17, 15) is 8.42 Å². The molecule has 0 heterocycles. The van der Waals surface area contributed by atoms with Crippen LogP contribution in [0.3, 0.4) is 0 Å². The maximum absolute atomic E-state index is 10.6.